The lowest BCUT2D eigenvalue weighted by molar-refractivity contribution is -0.121. The van der Waals surface area contributed by atoms with E-state index in [0.717, 1.165) is 37.7 Å². The molecule has 0 saturated carbocycles. The summed E-state index contributed by atoms with van der Waals surface area (Å²) in [6.45, 7) is 5.54. The van der Waals surface area contributed by atoms with Crippen molar-refractivity contribution in [1.82, 2.24) is 10.3 Å². The molecule has 1 aromatic heterocycles. The molecule has 22 heavy (non-hydrogen) atoms. The van der Waals surface area contributed by atoms with Crippen LogP contribution in [-0.2, 0) is 16.1 Å². The van der Waals surface area contributed by atoms with Crippen molar-refractivity contribution in [3.63, 3.8) is 0 Å². The average Bonchev–Trinajstić information content (AvgIpc) is 2.46. The Kier molecular flexibility index (Phi) is 10.1. The number of carbonyl (C=O) groups is 1. The normalized spacial score (nSPS) is 15.3. The minimum atomic E-state index is -0.114. The van der Waals surface area contributed by atoms with Gasteiger partial charge in [0.15, 0.2) is 0 Å². The summed E-state index contributed by atoms with van der Waals surface area (Å²) in [5.74, 6) is 0.927. The van der Waals surface area contributed by atoms with Crippen molar-refractivity contribution in [2.24, 2.45) is 5.73 Å². The van der Waals surface area contributed by atoms with Gasteiger partial charge in [0.05, 0.1) is 13.2 Å². The van der Waals surface area contributed by atoms with Crippen molar-refractivity contribution in [2.75, 3.05) is 31.2 Å². The summed E-state index contributed by atoms with van der Waals surface area (Å²) in [5, 5.41) is 2.84. The van der Waals surface area contributed by atoms with Crippen LogP contribution in [-0.4, -0.2) is 43.2 Å². The van der Waals surface area contributed by atoms with Crippen LogP contribution >= 0.6 is 24.8 Å². The van der Waals surface area contributed by atoms with Gasteiger partial charge in [-0.25, -0.2) is 4.98 Å². The number of aromatic nitrogens is 1. The number of hydrogen-bond donors (Lipinski definition) is 2. The van der Waals surface area contributed by atoms with E-state index in [-0.39, 0.29) is 36.8 Å². The summed E-state index contributed by atoms with van der Waals surface area (Å²) in [5.41, 5.74) is 6.56. The van der Waals surface area contributed by atoms with Crippen LogP contribution < -0.4 is 16.0 Å². The lowest BCUT2D eigenvalue weighted by Crippen LogP contribution is -2.36. The molecular weight excluding hydrogens is 327 g/mol. The van der Waals surface area contributed by atoms with E-state index in [1.165, 1.54) is 0 Å². The number of amides is 1. The van der Waals surface area contributed by atoms with E-state index in [0.29, 0.717) is 13.0 Å². The Bertz CT molecular complexity index is 437. The van der Waals surface area contributed by atoms with E-state index < -0.39 is 0 Å². The summed E-state index contributed by atoms with van der Waals surface area (Å²) >= 11 is 0. The van der Waals surface area contributed by atoms with Gasteiger partial charge in [-0.15, -0.1) is 24.8 Å². The molecule has 0 bridgehead atoms. The monoisotopic (exact) mass is 350 g/mol. The van der Waals surface area contributed by atoms with Gasteiger partial charge in [0.25, 0.3) is 0 Å². The number of morpholine rings is 1. The van der Waals surface area contributed by atoms with E-state index >= 15 is 0 Å². The van der Waals surface area contributed by atoms with Crippen molar-refractivity contribution in [2.45, 2.75) is 25.9 Å². The van der Waals surface area contributed by atoms with Crippen LogP contribution in [0.4, 0.5) is 5.82 Å². The largest absolute Gasteiger partial charge is 0.378 e. The number of nitrogens with two attached hydrogens (primary N) is 1. The molecule has 1 aromatic rings. The average molecular weight is 351 g/mol. The number of nitrogens with one attached hydrogen (secondary N) is 1. The highest BCUT2D eigenvalue weighted by molar-refractivity contribution is 5.85. The molecule has 0 spiro atoms. The third-order valence-electron chi connectivity index (χ3n) is 3.14. The number of hydrogen-bond acceptors (Lipinski definition) is 5. The fraction of sp³-hybridized carbons (Fsp3) is 0.571. The number of anilines is 1. The first-order valence-electron chi connectivity index (χ1n) is 6.95. The van der Waals surface area contributed by atoms with Crippen LogP contribution in [0, 0.1) is 0 Å². The molecule has 1 aliphatic rings. The topological polar surface area (TPSA) is 80.5 Å². The van der Waals surface area contributed by atoms with Gasteiger partial charge in [0, 0.05) is 38.3 Å². The van der Waals surface area contributed by atoms with Gasteiger partial charge in [-0.1, -0.05) is 6.07 Å². The quantitative estimate of drug-likeness (QED) is 0.831. The van der Waals surface area contributed by atoms with E-state index in [1.54, 1.807) is 6.20 Å². The van der Waals surface area contributed by atoms with Crippen molar-refractivity contribution in [3.8, 4) is 0 Å². The first-order valence-corrected chi connectivity index (χ1v) is 6.95. The van der Waals surface area contributed by atoms with Gasteiger partial charge < -0.3 is 20.7 Å². The number of carbonyl (C=O) groups excluding carboxylic acids is 1. The molecule has 0 aliphatic carbocycles. The lowest BCUT2D eigenvalue weighted by atomic mass is 10.2. The highest BCUT2D eigenvalue weighted by Crippen LogP contribution is 2.12. The standard InChI is InChI=1S/C14H22N4O2.2ClH/c1-11(15)8-14(19)17-10-12-2-3-13(16-9-12)18-4-6-20-7-5-18;;/h2-3,9,11H,4-8,10,15H2,1H3,(H,17,19);2*1H. The van der Waals surface area contributed by atoms with E-state index in [2.05, 4.69) is 15.2 Å². The van der Waals surface area contributed by atoms with Crippen molar-refractivity contribution >= 4 is 36.5 Å². The number of nitrogens with zero attached hydrogens (tertiary/aromatic N) is 2. The second-order valence-corrected chi connectivity index (χ2v) is 5.08. The molecule has 6 nitrogen and oxygen atoms in total. The molecule has 8 heteroatoms. The maximum atomic E-state index is 11.5. The molecule has 2 heterocycles. The van der Waals surface area contributed by atoms with E-state index in [4.69, 9.17) is 10.5 Å². The second-order valence-electron chi connectivity index (χ2n) is 5.08. The van der Waals surface area contributed by atoms with E-state index in [1.807, 2.05) is 19.1 Å². The zero-order valence-corrected chi connectivity index (χ0v) is 14.3. The SMILES string of the molecule is CC(N)CC(=O)NCc1ccc(N2CCOCC2)nc1.Cl.Cl. The highest BCUT2D eigenvalue weighted by atomic mass is 35.5. The molecular formula is C14H24Cl2N4O2. The van der Waals surface area contributed by atoms with Gasteiger partial charge in [0.2, 0.25) is 5.91 Å². The fourth-order valence-corrected chi connectivity index (χ4v) is 2.07. The number of ether oxygens (including phenoxy) is 1. The number of pyridine rings is 1. The summed E-state index contributed by atoms with van der Waals surface area (Å²) in [7, 11) is 0. The van der Waals surface area contributed by atoms with Gasteiger partial charge in [-0.2, -0.15) is 0 Å². The highest BCUT2D eigenvalue weighted by Gasteiger charge is 2.12. The van der Waals surface area contributed by atoms with Crippen molar-refractivity contribution in [1.29, 1.82) is 0 Å². The fourth-order valence-electron chi connectivity index (χ4n) is 2.07. The molecule has 1 fully saturated rings. The Balaban J connectivity index is 0.00000220. The maximum absolute atomic E-state index is 11.5. The predicted octanol–water partition coefficient (Wildman–Crippen LogP) is 1.12. The Morgan fingerprint density at radius 1 is 1.41 bits per heavy atom. The molecule has 1 amide bonds. The number of halogens is 2. The Morgan fingerprint density at radius 2 is 2.09 bits per heavy atom. The first-order chi connectivity index (χ1) is 9.65. The molecule has 126 valence electrons. The maximum Gasteiger partial charge on any atom is 0.221 e. The van der Waals surface area contributed by atoms with Gasteiger partial charge in [-0.3, -0.25) is 4.79 Å². The van der Waals surface area contributed by atoms with Gasteiger partial charge in [-0.05, 0) is 18.6 Å². The zero-order valence-electron chi connectivity index (χ0n) is 12.7. The lowest BCUT2D eigenvalue weighted by Gasteiger charge is -2.27. The van der Waals surface area contributed by atoms with Crippen LogP contribution in [0.25, 0.3) is 0 Å². The molecule has 1 aliphatic heterocycles. The molecule has 2 rings (SSSR count). The molecule has 3 N–H and O–H groups in total. The molecule has 1 unspecified atom stereocenters. The molecule has 1 saturated heterocycles. The van der Waals surface area contributed by atoms with Crippen LogP contribution in [0.15, 0.2) is 18.3 Å². The van der Waals surface area contributed by atoms with Crippen LogP contribution in [0.5, 0.6) is 0 Å². The van der Waals surface area contributed by atoms with Gasteiger partial charge in [0.1, 0.15) is 5.82 Å². The molecule has 0 aromatic carbocycles. The van der Waals surface area contributed by atoms with Crippen LogP contribution in [0.2, 0.25) is 0 Å². The zero-order chi connectivity index (χ0) is 14.4. The van der Waals surface area contributed by atoms with Crippen LogP contribution in [0.1, 0.15) is 18.9 Å². The summed E-state index contributed by atoms with van der Waals surface area (Å²) in [6, 6.07) is 3.86. The minimum Gasteiger partial charge on any atom is -0.378 e. The summed E-state index contributed by atoms with van der Waals surface area (Å²) in [6.07, 6.45) is 2.15. The predicted molar refractivity (Wildman–Crippen MR) is 91.9 cm³/mol. The first kappa shape index (κ1) is 20.9. The van der Waals surface area contributed by atoms with Crippen molar-refractivity contribution in [3.05, 3.63) is 23.9 Å². The second kappa shape index (κ2) is 10.6. The Morgan fingerprint density at radius 3 is 2.64 bits per heavy atom. The molecule has 1 atom stereocenters. The molecule has 0 radical (unpaired) electrons. The van der Waals surface area contributed by atoms with Gasteiger partial charge >= 0.3 is 0 Å². The Hall–Kier alpha value is -1.08. The minimum absolute atomic E-state index is 0. The summed E-state index contributed by atoms with van der Waals surface area (Å²) in [4.78, 5) is 18.1. The third kappa shape index (κ3) is 6.79. The van der Waals surface area contributed by atoms with Crippen LogP contribution in [0.3, 0.4) is 0 Å². The number of rotatable bonds is 5. The summed E-state index contributed by atoms with van der Waals surface area (Å²) < 4.78 is 5.31. The Labute approximate surface area is 143 Å². The smallest absolute Gasteiger partial charge is 0.221 e. The van der Waals surface area contributed by atoms with E-state index in [9.17, 15) is 4.79 Å². The van der Waals surface area contributed by atoms with Crippen molar-refractivity contribution < 1.29 is 9.53 Å². The third-order valence-corrected chi connectivity index (χ3v) is 3.14.